The summed E-state index contributed by atoms with van der Waals surface area (Å²) in [6.07, 6.45) is 13.1. The van der Waals surface area contributed by atoms with E-state index in [1.807, 2.05) is 13.8 Å². The average molecular weight is 357 g/mol. The Bertz CT molecular complexity index is 380. The number of aldehydes is 1. The Hall–Kier alpha value is -0.940. The Labute approximate surface area is 152 Å². The van der Waals surface area contributed by atoms with E-state index in [9.17, 15) is 9.59 Å². The molecule has 1 fully saturated rings. The maximum Gasteiger partial charge on any atom is 0.305 e. The summed E-state index contributed by atoms with van der Waals surface area (Å²) in [6.45, 7) is 3.97. The van der Waals surface area contributed by atoms with Crippen LogP contribution in [0.4, 0.5) is 0 Å². The van der Waals surface area contributed by atoms with Crippen LogP contribution >= 0.6 is 0 Å². The zero-order chi connectivity index (χ0) is 18.5. The second kappa shape index (κ2) is 12.4. The second-order valence-corrected chi connectivity index (χ2v) is 7.40. The molecular weight excluding hydrogens is 320 g/mol. The van der Waals surface area contributed by atoms with Crippen LogP contribution < -0.4 is 0 Å². The van der Waals surface area contributed by atoms with Crippen LogP contribution in [0.1, 0.15) is 90.9 Å². The van der Waals surface area contributed by atoms with Crippen LogP contribution in [0.2, 0.25) is 0 Å². The molecule has 146 valence electrons. The highest BCUT2D eigenvalue weighted by atomic mass is 16.7. The molecule has 0 bridgehead atoms. The Balaban J connectivity index is 2.15. The Kier molecular flexibility index (Phi) is 11.0. The van der Waals surface area contributed by atoms with Crippen molar-refractivity contribution in [1.82, 2.24) is 0 Å². The lowest BCUT2D eigenvalue weighted by Gasteiger charge is -2.16. The number of ether oxygens (including phenoxy) is 3. The SMILES string of the molecule is COC(=O)CCCCCCC[C@H]1OC(C)(C)O[C@@H]1CCCCCC=O. The molecule has 1 aliphatic rings. The van der Waals surface area contributed by atoms with Gasteiger partial charge in [-0.05, 0) is 39.5 Å². The topological polar surface area (TPSA) is 61.8 Å². The van der Waals surface area contributed by atoms with Gasteiger partial charge >= 0.3 is 5.97 Å². The van der Waals surface area contributed by atoms with E-state index in [-0.39, 0.29) is 18.2 Å². The van der Waals surface area contributed by atoms with Gasteiger partial charge in [0, 0.05) is 12.8 Å². The molecular formula is C20H36O5. The van der Waals surface area contributed by atoms with E-state index in [1.54, 1.807) is 0 Å². The molecule has 0 aromatic carbocycles. The maximum atomic E-state index is 11.0. The van der Waals surface area contributed by atoms with E-state index in [1.165, 1.54) is 7.11 Å². The lowest BCUT2D eigenvalue weighted by molar-refractivity contribution is -0.147. The second-order valence-electron chi connectivity index (χ2n) is 7.40. The molecule has 0 amide bonds. The molecule has 25 heavy (non-hydrogen) atoms. The van der Waals surface area contributed by atoms with Crippen LogP contribution in [0, 0.1) is 0 Å². The predicted octanol–water partition coefficient (Wildman–Crippen LogP) is 4.56. The van der Waals surface area contributed by atoms with Crippen molar-refractivity contribution in [2.75, 3.05) is 7.11 Å². The summed E-state index contributed by atoms with van der Waals surface area (Å²) in [5.74, 6) is -0.603. The Morgan fingerprint density at radius 3 is 2.00 bits per heavy atom. The van der Waals surface area contributed by atoms with Gasteiger partial charge in [-0.2, -0.15) is 0 Å². The number of unbranched alkanes of at least 4 members (excludes halogenated alkanes) is 7. The molecule has 0 saturated carbocycles. The van der Waals surface area contributed by atoms with Crippen molar-refractivity contribution in [2.24, 2.45) is 0 Å². The minimum Gasteiger partial charge on any atom is -0.469 e. The average Bonchev–Trinajstić information content (AvgIpc) is 2.87. The lowest BCUT2D eigenvalue weighted by Crippen LogP contribution is -2.22. The molecule has 5 nitrogen and oxygen atoms in total. The van der Waals surface area contributed by atoms with E-state index in [2.05, 4.69) is 4.74 Å². The van der Waals surface area contributed by atoms with Crippen molar-refractivity contribution in [1.29, 1.82) is 0 Å². The summed E-state index contributed by atoms with van der Waals surface area (Å²) < 4.78 is 16.8. The molecule has 2 atom stereocenters. The number of methoxy groups -OCH3 is 1. The largest absolute Gasteiger partial charge is 0.469 e. The van der Waals surface area contributed by atoms with Gasteiger partial charge in [0.05, 0.1) is 19.3 Å². The van der Waals surface area contributed by atoms with E-state index < -0.39 is 5.79 Å². The molecule has 0 radical (unpaired) electrons. The third-order valence-electron chi connectivity index (χ3n) is 4.69. The molecule has 5 heteroatoms. The van der Waals surface area contributed by atoms with Gasteiger partial charge < -0.3 is 19.0 Å². The summed E-state index contributed by atoms with van der Waals surface area (Å²) in [7, 11) is 1.44. The van der Waals surface area contributed by atoms with Crippen molar-refractivity contribution in [3.63, 3.8) is 0 Å². The number of carbonyl (C=O) groups is 2. The first kappa shape index (κ1) is 22.1. The van der Waals surface area contributed by atoms with Crippen LogP contribution in [0.5, 0.6) is 0 Å². The summed E-state index contributed by atoms with van der Waals surface area (Å²) in [6, 6.07) is 0. The van der Waals surface area contributed by atoms with E-state index >= 15 is 0 Å². The number of esters is 1. The molecule has 0 aromatic rings. The molecule has 0 aliphatic carbocycles. The fraction of sp³-hybridized carbons (Fsp3) is 0.900. The molecule has 1 aliphatic heterocycles. The predicted molar refractivity (Wildman–Crippen MR) is 97.3 cm³/mol. The van der Waals surface area contributed by atoms with E-state index in [4.69, 9.17) is 9.47 Å². The van der Waals surface area contributed by atoms with Crippen LogP contribution in [-0.2, 0) is 23.8 Å². The maximum absolute atomic E-state index is 11.0. The van der Waals surface area contributed by atoms with Gasteiger partial charge in [0.1, 0.15) is 6.29 Å². The van der Waals surface area contributed by atoms with Gasteiger partial charge in [0.2, 0.25) is 0 Å². The number of rotatable bonds is 14. The molecule has 0 N–H and O–H groups in total. The highest BCUT2D eigenvalue weighted by Crippen LogP contribution is 2.33. The monoisotopic (exact) mass is 356 g/mol. The minimum absolute atomic E-state index is 0.116. The lowest BCUT2D eigenvalue weighted by atomic mass is 10.00. The van der Waals surface area contributed by atoms with Crippen LogP contribution in [-0.4, -0.2) is 37.4 Å². The van der Waals surface area contributed by atoms with E-state index in [0.29, 0.717) is 12.8 Å². The third kappa shape index (κ3) is 9.95. The first-order chi connectivity index (χ1) is 12.0. The number of hydrogen-bond acceptors (Lipinski definition) is 5. The summed E-state index contributed by atoms with van der Waals surface area (Å²) in [4.78, 5) is 21.4. The zero-order valence-electron chi connectivity index (χ0n) is 16.3. The van der Waals surface area contributed by atoms with Crippen molar-refractivity contribution >= 4 is 12.3 Å². The quantitative estimate of drug-likeness (QED) is 0.259. The third-order valence-corrected chi connectivity index (χ3v) is 4.69. The number of carbonyl (C=O) groups excluding carboxylic acids is 2. The molecule has 0 aromatic heterocycles. The van der Waals surface area contributed by atoms with Crippen molar-refractivity contribution < 1.29 is 23.8 Å². The standard InChI is InChI=1S/C20H36O5/c1-20(2)24-17(18(25-20)14-10-7-8-12-16-21)13-9-5-4-6-11-15-19(22)23-3/h16-18H,4-15H2,1-3H3/t17-,18-/m1/s1. The first-order valence-corrected chi connectivity index (χ1v) is 9.84. The van der Waals surface area contributed by atoms with Gasteiger partial charge in [-0.15, -0.1) is 0 Å². The fourth-order valence-electron chi connectivity index (χ4n) is 3.40. The van der Waals surface area contributed by atoms with Gasteiger partial charge in [-0.25, -0.2) is 0 Å². The number of hydrogen-bond donors (Lipinski definition) is 0. The molecule has 0 spiro atoms. The molecule has 1 heterocycles. The van der Waals surface area contributed by atoms with Crippen LogP contribution in [0.15, 0.2) is 0 Å². The Morgan fingerprint density at radius 1 is 0.920 bits per heavy atom. The Morgan fingerprint density at radius 2 is 1.44 bits per heavy atom. The van der Waals surface area contributed by atoms with Gasteiger partial charge in [0.25, 0.3) is 0 Å². The van der Waals surface area contributed by atoms with Crippen LogP contribution in [0.25, 0.3) is 0 Å². The van der Waals surface area contributed by atoms with Crippen LogP contribution in [0.3, 0.4) is 0 Å². The molecule has 0 unspecified atom stereocenters. The highest BCUT2D eigenvalue weighted by Gasteiger charge is 2.40. The van der Waals surface area contributed by atoms with Crippen molar-refractivity contribution in [3.8, 4) is 0 Å². The first-order valence-electron chi connectivity index (χ1n) is 9.84. The highest BCUT2D eigenvalue weighted by molar-refractivity contribution is 5.68. The van der Waals surface area contributed by atoms with Crippen molar-refractivity contribution in [3.05, 3.63) is 0 Å². The van der Waals surface area contributed by atoms with Gasteiger partial charge in [-0.3, -0.25) is 4.79 Å². The zero-order valence-corrected chi connectivity index (χ0v) is 16.3. The minimum atomic E-state index is -0.487. The van der Waals surface area contributed by atoms with Crippen molar-refractivity contribution in [2.45, 2.75) is 109 Å². The smallest absolute Gasteiger partial charge is 0.305 e. The fourth-order valence-corrected chi connectivity index (χ4v) is 3.40. The molecule has 1 saturated heterocycles. The summed E-state index contributed by atoms with van der Waals surface area (Å²) in [5.41, 5.74) is 0. The summed E-state index contributed by atoms with van der Waals surface area (Å²) >= 11 is 0. The molecule has 1 rings (SSSR count). The van der Waals surface area contributed by atoms with Gasteiger partial charge in [-0.1, -0.05) is 38.5 Å². The summed E-state index contributed by atoms with van der Waals surface area (Å²) in [5, 5.41) is 0. The van der Waals surface area contributed by atoms with Gasteiger partial charge in [0.15, 0.2) is 5.79 Å². The normalized spacial score (nSPS) is 22.0. The van der Waals surface area contributed by atoms with E-state index in [0.717, 1.165) is 70.5 Å².